The molecule has 5 unspecified atom stereocenters. The number of rotatable bonds is 11. The molecule has 2 N–H and O–H groups in total. The molecule has 8 nitrogen and oxygen atoms in total. The first-order valence-electron chi connectivity index (χ1n) is 15.0. The van der Waals surface area contributed by atoms with Gasteiger partial charge in [0, 0.05) is 23.3 Å². The van der Waals surface area contributed by atoms with Crippen LogP contribution in [0.25, 0.3) is 0 Å². The molecule has 1 aliphatic carbocycles. The van der Waals surface area contributed by atoms with Crippen molar-refractivity contribution in [3.63, 3.8) is 0 Å². The van der Waals surface area contributed by atoms with Crippen molar-refractivity contribution in [1.82, 2.24) is 15.1 Å². The number of carbonyl (C=O) groups excluding carboxylic acids is 3. The van der Waals surface area contributed by atoms with Crippen molar-refractivity contribution in [2.75, 3.05) is 32.0 Å². The standard InChI is InChI=1S/C31H43ClN4O4/c1-4-5-16-35(3)17-9-18-36-27(29(38)33-21-10-7-6-8-11-21)31-15-14-24(40-31)25(26(31)30(36)39)28(37)34-22-13-12-20(2)23(32)19-22/h12-15,19,21,24-27H,4-11,16-18H2,1-3H3,(H,33,38)(H,34,37). The van der Waals surface area contributed by atoms with Gasteiger partial charge in [-0.1, -0.05) is 62.4 Å². The van der Waals surface area contributed by atoms with Gasteiger partial charge in [0.15, 0.2) is 0 Å². The molecule has 1 spiro atoms. The number of fused-ring (bicyclic) bond motifs is 1. The lowest BCUT2D eigenvalue weighted by molar-refractivity contribution is -0.141. The summed E-state index contributed by atoms with van der Waals surface area (Å²) in [5.41, 5.74) is 0.352. The predicted octanol–water partition coefficient (Wildman–Crippen LogP) is 4.31. The monoisotopic (exact) mass is 570 g/mol. The molecule has 3 heterocycles. The third kappa shape index (κ3) is 5.55. The summed E-state index contributed by atoms with van der Waals surface area (Å²) in [4.78, 5) is 45.6. The number of carbonyl (C=O) groups is 3. The normalized spacial score (nSPS) is 29.3. The van der Waals surface area contributed by atoms with Crippen LogP contribution < -0.4 is 10.6 Å². The third-order valence-electron chi connectivity index (χ3n) is 9.15. The largest absolute Gasteiger partial charge is 0.359 e. The van der Waals surface area contributed by atoms with Crippen LogP contribution in [0.1, 0.15) is 63.9 Å². The fourth-order valence-corrected chi connectivity index (χ4v) is 7.16. The quantitative estimate of drug-likeness (QED) is 0.387. The Hall–Kier alpha value is -2.42. The highest BCUT2D eigenvalue weighted by atomic mass is 35.5. The number of aryl methyl sites for hydroxylation is 1. The lowest BCUT2D eigenvalue weighted by Gasteiger charge is -2.34. The number of amides is 3. The molecular weight excluding hydrogens is 528 g/mol. The van der Waals surface area contributed by atoms with Crippen LogP contribution in [-0.2, 0) is 19.1 Å². The van der Waals surface area contributed by atoms with Crippen molar-refractivity contribution >= 4 is 35.0 Å². The van der Waals surface area contributed by atoms with Crippen molar-refractivity contribution in [2.24, 2.45) is 11.8 Å². The van der Waals surface area contributed by atoms with Gasteiger partial charge in [-0.25, -0.2) is 0 Å². The van der Waals surface area contributed by atoms with Crippen LogP contribution in [-0.4, -0.2) is 78.0 Å². The summed E-state index contributed by atoms with van der Waals surface area (Å²) >= 11 is 6.29. The molecule has 9 heteroatoms. The molecule has 4 aliphatic rings. The minimum Gasteiger partial charge on any atom is -0.359 e. The molecule has 1 aromatic rings. The molecule has 2 saturated heterocycles. The van der Waals surface area contributed by atoms with Gasteiger partial charge in [0.1, 0.15) is 11.6 Å². The second-order valence-corrected chi connectivity index (χ2v) is 12.4. The molecule has 40 heavy (non-hydrogen) atoms. The van der Waals surface area contributed by atoms with Crippen molar-refractivity contribution in [3.8, 4) is 0 Å². The zero-order chi connectivity index (χ0) is 28.4. The molecule has 5 atom stereocenters. The van der Waals surface area contributed by atoms with Crippen LogP contribution >= 0.6 is 11.6 Å². The van der Waals surface area contributed by atoms with Crippen molar-refractivity contribution in [1.29, 1.82) is 0 Å². The number of anilines is 1. The second-order valence-electron chi connectivity index (χ2n) is 12.0. The molecule has 2 bridgehead atoms. The number of ether oxygens (including phenoxy) is 1. The van der Waals surface area contributed by atoms with Gasteiger partial charge < -0.3 is 25.2 Å². The Balaban J connectivity index is 1.37. The van der Waals surface area contributed by atoms with E-state index >= 15 is 0 Å². The number of benzene rings is 1. The summed E-state index contributed by atoms with van der Waals surface area (Å²) in [5, 5.41) is 6.77. The zero-order valence-electron chi connectivity index (χ0n) is 24.0. The maximum atomic E-state index is 14.1. The van der Waals surface area contributed by atoms with E-state index in [1.54, 1.807) is 17.0 Å². The topological polar surface area (TPSA) is 91.0 Å². The lowest BCUT2D eigenvalue weighted by Crippen LogP contribution is -2.56. The Morgan fingerprint density at radius 3 is 2.62 bits per heavy atom. The van der Waals surface area contributed by atoms with Crippen LogP contribution in [0.15, 0.2) is 30.4 Å². The second kappa shape index (κ2) is 12.2. The van der Waals surface area contributed by atoms with Gasteiger partial charge in [-0.15, -0.1) is 0 Å². The number of likely N-dealkylation sites (tertiary alicyclic amines) is 1. The number of unbranched alkanes of at least 4 members (excludes halogenated alkanes) is 1. The number of nitrogens with one attached hydrogen (secondary N) is 2. The van der Waals surface area contributed by atoms with E-state index in [2.05, 4.69) is 29.5 Å². The molecule has 218 valence electrons. The van der Waals surface area contributed by atoms with Crippen LogP contribution in [0.4, 0.5) is 5.69 Å². The molecule has 3 amide bonds. The summed E-state index contributed by atoms with van der Waals surface area (Å²) in [6.07, 6.45) is 11.5. The first-order chi connectivity index (χ1) is 19.2. The van der Waals surface area contributed by atoms with Gasteiger partial charge >= 0.3 is 0 Å². The molecule has 5 rings (SSSR count). The van der Waals surface area contributed by atoms with E-state index in [1.807, 2.05) is 25.1 Å². The average Bonchev–Trinajstić information content (AvgIpc) is 3.57. The highest BCUT2D eigenvalue weighted by Gasteiger charge is 2.72. The highest BCUT2D eigenvalue weighted by Crippen LogP contribution is 2.55. The van der Waals surface area contributed by atoms with Crippen molar-refractivity contribution in [3.05, 3.63) is 40.9 Å². The van der Waals surface area contributed by atoms with E-state index in [-0.39, 0.29) is 23.8 Å². The fourth-order valence-electron chi connectivity index (χ4n) is 6.98. The van der Waals surface area contributed by atoms with Crippen molar-refractivity contribution < 1.29 is 19.1 Å². The van der Waals surface area contributed by atoms with Gasteiger partial charge in [0.25, 0.3) is 0 Å². The Bertz CT molecular complexity index is 1150. The van der Waals surface area contributed by atoms with Gasteiger partial charge in [-0.05, 0) is 70.4 Å². The van der Waals surface area contributed by atoms with Gasteiger partial charge in [-0.3, -0.25) is 14.4 Å². The zero-order valence-corrected chi connectivity index (χ0v) is 24.7. The van der Waals surface area contributed by atoms with E-state index in [4.69, 9.17) is 16.3 Å². The fraction of sp³-hybridized carbons (Fsp3) is 0.645. The minimum atomic E-state index is -1.14. The average molecular weight is 571 g/mol. The molecular formula is C31H43ClN4O4. The predicted molar refractivity (Wildman–Crippen MR) is 156 cm³/mol. The maximum Gasteiger partial charge on any atom is 0.246 e. The smallest absolute Gasteiger partial charge is 0.246 e. The number of hydrogen-bond acceptors (Lipinski definition) is 5. The Morgan fingerprint density at radius 1 is 1.15 bits per heavy atom. The van der Waals surface area contributed by atoms with Crippen LogP contribution in [0.2, 0.25) is 5.02 Å². The molecule has 3 aliphatic heterocycles. The minimum absolute atomic E-state index is 0.113. The maximum absolute atomic E-state index is 14.1. The van der Waals surface area contributed by atoms with E-state index in [1.165, 1.54) is 6.42 Å². The lowest BCUT2D eigenvalue weighted by atomic mass is 9.74. The number of halogens is 1. The summed E-state index contributed by atoms with van der Waals surface area (Å²) in [6, 6.07) is 4.69. The van der Waals surface area contributed by atoms with Gasteiger partial charge in [0.2, 0.25) is 17.7 Å². The molecule has 3 fully saturated rings. The van der Waals surface area contributed by atoms with E-state index in [9.17, 15) is 14.4 Å². The molecule has 0 aromatic heterocycles. The van der Waals surface area contributed by atoms with Crippen LogP contribution in [0.5, 0.6) is 0 Å². The molecule has 0 radical (unpaired) electrons. The van der Waals surface area contributed by atoms with Crippen LogP contribution in [0.3, 0.4) is 0 Å². The molecule has 1 saturated carbocycles. The number of nitrogens with zero attached hydrogens (tertiary/aromatic N) is 2. The summed E-state index contributed by atoms with van der Waals surface area (Å²) in [6.45, 7) is 6.35. The van der Waals surface area contributed by atoms with E-state index in [0.717, 1.165) is 63.6 Å². The van der Waals surface area contributed by atoms with E-state index < -0.39 is 29.6 Å². The number of hydrogen-bond donors (Lipinski definition) is 2. The first kappa shape index (κ1) is 29.1. The van der Waals surface area contributed by atoms with E-state index in [0.29, 0.717) is 17.3 Å². The molecule has 1 aromatic carbocycles. The Kier molecular flexibility index (Phi) is 8.88. The SMILES string of the molecule is CCCCN(C)CCCN1C(=O)C2C(C(=O)Nc3ccc(C)c(Cl)c3)C3C=CC2(O3)C1C(=O)NC1CCCCC1. The summed E-state index contributed by atoms with van der Waals surface area (Å²) in [5.74, 6) is -2.10. The summed E-state index contributed by atoms with van der Waals surface area (Å²) < 4.78 is 6.47. The Morgan fingerprint density at radius 2 is 1.90 bits per heavy atom. The first-order valence-corrected chi connectivity index (χ1v) is 15.4. The van der Waals surface area contributed by atoms with Gasteiger partial charge in [0.05, 0.1) is 17.9 Å². The van der Waals surface area contributed by atoms with Crippen LogP contribution in [0, 0.1) is 18.8 Å². The van der Waals surface area contributed by atoms with Crippen molar-refractivity contribution in [2.45, 2.75) is 89.0 Å². The van der Waals surface area contributed by atoms with Gasteiger partial charge in [-0.2, -0.15) is 0 Å². The highest BCUT2D eigenvalue weighted by molar-refractivity contribution is 6.31. The third-order valence-corrected chi connectivity index (χ3v) is 9.56. The summed E-state index contributed by atoms with van der Waals surface area (Å²) in [7, 11) is 2.09. The Labute approximate surface area is 242 Å².